The molecule has 0 fully saturated rings. The zero-order chi connectivity index (χ0) is 25.5. The van der Waals surface area contributed by atoms with Crippen LogP contribution >= 0.6 is 27.5 Å². The molecule has 2 heterocycles. The lowest BCUT2D eigenvalue weighted by atomic mass is 9.97. The second-order valence-corrected chi connectivity index (χ2v) is 8.92. The summed E-state index contributed by atoms with van der Waals surface area (Å²) in [6, 6.07) is 7.53. The number of nitrogens with zero attached hydrogens (tertiary/aromatic N) is 3. The molecule has 0 spiro atoms. The highest BCUT2D eigenvalue weighted by atomic mass is 79.9. The number of fused-ring (bicyclic) bond motifs is 1. The van der Waals surface area contributed by atoms with Gasteiger partial charge in [-0.25, -0.2) is 4.68 Å². The van der Waals surface area contributed by atoms with Crippen LogP contribution in [0.2, 0.25) is 5.02 Å². The van der Waals surface area contributed by atoms with Gasteiger partial charge >= 0.3 is 6.18 Å². The molecule has 2 unspecified atom stereocenters. The van der Waals surface area contributed by atoms with E-state index in [0.29, 0.717) is 10.2 Å². The number of nitro benzene ring substituents is 1. The lowest BCUT2D eigenvalue weighted by Gasteiger charge is -2.33. The van der Waals surface area contributed by atoms with E-state index in [9.17, 15) is 28.1 Å². The minimum Gasteiger partial charge on any atom is -0.496 e. The van der Waals surface area contributed by atoms with Gasteiger partial charge in [-0.15, -0.1) is 0 Å². The van der Waals surface area contributed by atoms with Crippen LogP contribution in [0.3, 0.4) is 0 Å². The Kier molecular flexibility index (Phi) is 6.64. The molecule has 1 aliphatic rings. The summed E-state index contributed by atoms with van der Waals surface area (Å²) in [4.78, 5) is 23.3. The summed E-state index contributed by atoms with van der Waals surface area (Å²) in [5.74, 6) is -1.00. The number of carbonyl (C=O) groups excluding carboxylic acids is 1. The number of alkyl halides is 3. The summed E-state index contributed by atoms with van der Waals surface area (Å²) < 4.78 is 48.3. The molecule has 3 aromatic rings. The summed E-state index contributed by atoms with van der Waals surface area (Å²) in [6.45, 7) is 0. The molecule has 9 nitrogen and oxygen atoms in total. The average Bonchev–Trinajstić information content (AvgIpc) is 3.14. The molecule has 1 aliphatic heterocycles. The van der Waals surface area contributed by atoms with Gasteiger partial charge in [0, 0.05) is 23.0 Å². The zero-order valence-corrected chi connectivity index (χ0v) is 20.1. The van der Waals surface area contributed by atoms with Crippen molar-refractivity contribution in [1.29, 1.82) is 0 Å². The number of hydrogen-bond donors (Lipinski definition) is 2. The fraction of sp³-hybridized carbons (Fsp3) is 0.238. The fourth-order valence-corrected chi connectivity index (χ4v) is 4.25. The first-order valence-electron chi connectivity index (χ1n) is 9.99. The number of nitro groups is 1. The minimum atomic E-state index is -4.67. The molecule has 0 saturated heterocycles. The van der Waals surface area contributed by atoms with Gasteiger partial charge in [0.25, 0.3) is 11.6 Å². The molecule has 0 saturated carbocycles. The van der Waals surface area contributed by atoms with E-state index in [1.54, 1.807) is 24.3 Å². The third-order valence-corrected chi connectivity index (χ3v) is 6.27. The topological polar surface area (TPSA) is 111 Å². The SMILES string of the molecule is COc1cc(NC(=O)c2nn3c(c2Cl)NC(c2ccc(Br)cc2)CC3C(F)(F)F)cc([N+](=O)[O-])c1. The summed E-state index contributed by atoms with van der Waals surface area (Å²) >= 11 is 9.62. The van der Waals surface area contributed by atoms with E-state index in [4.69, 9.17) is 16.3 Å². The zero-order valence-electron chi connectivity index (χ0n) is 17.8. The largest absolute Gasteiger partial charge is 0.496 e. The maximum atomic E-state index is 13.9. The number of methoxy groups -OCH3 is 1. The van der Waals surface area contributed by atoms with Crippen LogP contribution in [0, 0.1) is 10.1 Å². The molecular weight excluding hydrogens is 559 g/mol. The molecule has 184 valence electrons. The van der Waals surface area contributed by atoms with Gasteiger partial charge < -0.3 is 15.4 Å². The van der Waals surface area contributed by atoms with Crippen LogP contribution in [0.25, 0.3) is 0 Å². The Morgan fingerprint density at radius 1 is 1.31 bits per heavy atom. The Morgan fingerprint density at radius 2 is 2.00 bits per heavy atom. The number of amides is 1. The summed E-state index contributed by atoms with van der Waals surface area (Å²) in [6.07, 6.45) is -5.04. The van der Waals surface area contributed by atoms with Crippen molar-refractivity contribution < 1.29 is 27.6 Å². The Labute approximate surface area is 209 Å². The van der Waals surface area contributed by atoms with Crippen LogP contribution in [-0.4, -0.2) is 33.9 Å². The number of nitrogens with one attached hydrogen (secondary N) is 2. The van der Waals surface area contributed by atoms with Crippen molar-refractivity contribution in [3.8, 4) is 5.75 Å². The van der Waals surface area contributed by atoms with Crippen LogP contribution in [0.1, 0.15) is 34.6 Å². The summed E-state index contributed by atoms with van der Waals surface area (Å²) in [5, 5.41) is 20.0. The van der Waals surface area contributed by atoms with E-state index in [-0.39, 0.29) is 34.4 Å². The highest BCUT2D eigenvalue weighted by Crippen LogP contribution is 2.46. The first-order valence-corrected chi connectivity index (χ1v) is 11.2. The second kappa shape index (κ2) is 9.38. The first-order chi connectivity index (χ1) is 16.5. The van der Waals surface area contributed by atoms with Gasteiger partial charge in [-0.2, -0.15) is 18.3 Å². The molecule has 1 aromatic heterocycles. The Bertz CT molecular complexity index is 1300. The minimum absolute atomic E-state index is 0.0174. The van der Waals surface area contributed by atoms with Crippen molar-refractivity contribution in [3.63, 3.8) is 0 Å². The summed E-state index contributed by atoms with van der Waals surface area (Å²) in [5.41, 5.74) is -0.242. The van der Waals surface area contributed by atoms with Crippen molar-refractivity contribution in [1.82, 2.24) is 9.78 Å². The monoisotopic (exact) mass is 573 g/mol. The lowest BCUT2D eigenvalue weighted by molar-refractivity contribution is -0.384. The molecule has 2 aromatic carbocycles. The molecule has 2 N–H and O–H groups in total. The van der Waals surface area contributed by atoms with Crippen LogP contribution in [0.15, 0.2) is 46.9 Å². The van der Waals surface area contributed by atoms with Gasteiger partial charge in [-0.3, -0.25) is 14.9 Å². The van der Waals surface area contributed by atoms with E-state index >= 15 is 0 Å². The normalized spacial score (nSPS) is 17.3. The molecule has 1 amide bonds. The van der Waals surface area contributed by atoms with Crippen molar-refractivity contribution in [2.24, 2.45) is 0 Å². The number of carbonyl (C=O) groups is 1. The number of ether oxygens (including phenoxy) is 1. The van der Waals surface area contributed by atoms with Crippen molar-refractivity contribution in [2.45, 2.75) is 24.7 Å². The predicted octanol–water partition coefficient (Wildman–Crippen LogP) is 6.13. The molecule has 0 bridgehead atoms. The lowest BCUT2D eigenvalue weighted by Crippen LogP contribution is -2.35. The van der Waals surface area contributed by atoms with Crippen LogP contribution in [-0.2, 0) is 0 Å². The van der Waals surface area contributed by atoms with Crippen LogP contribution in [0.5, 0.6) is 5.75 Å². The molecular formula is C21H16BrClF3N5O4. The van der Waals surface area contributed by atoms with Crippen LogP contribution < -0.4 is 15.4 Å². The maximum absolute atomic E-state index is 13.9. The van der Waals surface area contributed by atoms with Crippen molar-refractivity contribution >= 4 is 50.6 Å². The van der Waals surface area contributed by atoms with E-state index in [1.807, 2.05) is 0 Å². The average molecular weight is 575 g/mol. The van der Waals surface area contributed by atoms with Crippen LogP contribution in [0.4, 0.5) is 30.4 Å². The maximum Gasteiger partial charge on any atom is 0.410 e. The highest BCUT2D eigenvalue weighted by Gasteiger charge is 2.47. The molecule has 14 heteroatoms. The number of aromatic nitrogens is 2. The standard InChI is InChI=1S/C21H16BrClF3N5O4/c1-35-14-7-12(6-13(8-14)31(33)34)27-20(32)18-17(23)19-28-15(10-2-4-11(22)5-3-10)9-16(21(24,25)26)30(19)29-18/h2-8,15-16,28H,9H2,1H3,(H,27,32). The third-order valence-electron chi connectivity index (χ3n) is 5.38. The number of hydrogen-bond acceptors (Lipinski definition) is 6. The third kappa shape index (κ3) is 5.05. The molecule has 0 aliphatic carbocycles. The van der Waals surface area contributed by atoms with Gasteiger partial charge in [-0.05, 0) is 17.7 Å². The highest BCUT2D eigenvalue weighted by molar-refractivity contribution is 9.10. The molecule has 35 heavy (non-hydrogen) atoms. The number of anilines is 2. The van der Waals surface area contributed by atoms with Gasteiger partial charge in [0.1, 0.15) is 16.6 Å². The van der Waals surface area contributed by atoms with E-state index in [0.717, 1.165) is 16.6 Å². The van der Waals surface area contributed by atoms with Gasteiger partial charge in [0.2, 0.25) is 0 Å². The van der Waals surface area contributed by atoms with Gasteiger partial charge in [0.05, 0.1) is 29.8 Å². The number of halogens is 5. The Morgan fingerprint density at radius 3 is 2.60 bits per heavy atom. The smallest absolute Gasteiger partial charge is 0.410 e. The predicted molar refractivity (Wildman–Crippen MR) is 125 cm³/mol. The molecule has 4 rings (SSSR count). The quantitative estimate of drug-likeness (QED) is 0.280. The van der Waals surface area contributed by atoms with Crippen molar-refractivity contribution in [3.05, 3.63) is 73.3 Å². The van der Waals surface area contributed by atoms with Crippen molar-refractivity contribution in [2.75, 3.05) is 17.7 Å². The fourth-order valence-electron chi connectivity index (χ4n) is 3.72. The molecule has 0 radical (unpaired) electrons. The van der Waals surface area contributed by atoms with Gasteiger partial charge in [0.15, 0.2) is 11.7 Å². The second-order valence-electron chi connectivity index (χ2n) is 7.63. The van der Waals surface area contributed by atoms with E-state index in [2.05, 4.69) is 31.7 Å². The Balaban J connectivity index is 1.69. The Hall–Kier alpha value is -3.32. The first kappa shape index (κ1) is 24.8. The van der Waals surface area contributed by atoms with E-state index in [1.165, 1.54) is 13.2 Å². The number of rotatable bonds is 5. The summed E-state index contributed by atoms with van der Waals surface area (Å²) in [7, 11) is 1.29. The van der Waals surface area contributed by atoms with E-state index < -0.39 is 34.8 Å². The molecule has 2 atom stereocenters. The van der Waals surface area contributed by atoms with Gasteiger partial charge in [-0.1, -0.05) is 39.7 Å². The number of non-ortho nitro benzene ring substituents is 1. The number of benzene rings is 2.